The lowest BCUT2D eigenvalue weighted by Gasteiger charge is -2.32. The summed E-state index contributed by atoms with van der Waals surface area (Å²) in [7, 11) is 0. The maximum atomic E-state index is 13.0. The number of nitrogens with zero attached hydrogens (tertiary/aromatic N) is 4. The second-order valence-electron chi connectivity index (χ2n) is 7.02. The molecule has 0 radical (unpaired) electrons. The van der Waals surface area contributed by atoms with Crippen LogP contribution in [-0.4, -0.2) is 82.5 Å². The first-order chi connectivity index (χ1) is 14.0. The van der Waals surface area contributed by atoms with Crippen molar-refractivity contribution in [2.75, 3.05) is 39.3 Å². The highest BCUT2D eigenvalue weighted by Crippen LogP contribution is 2.23. The first-order valence-corrected chi connectivity index (χ1v) is 9.88. The Morgan fingerprint density at radius 2 is 1.69 bits per heavy atom. The summed E-state index contributed by atoms with van der Waals surface area (Å²) in [5.74, 6) is -1.20. The van der Waals surface area contributed by atoms with Crippen LogP contribution in [0.2, 0.25) is 0 Å². The minimum absolute atomic E-state index is 0.0361. The highest BCUT2D eigenvalue weighted by molar-refractivity contribution is 6.44. The highest BCUT2D eigenvalue weighted by atomic mass is 16.2. The molecule has 0 spiro atoms. The van der Waals surface area contributed by atoms with Crippen molar-refractivity contribution in [3.8, 4) is 0 Å². The van der Waals surface area contributed by atoms with Gasteiger partial charge < -0.3 is 19.3 Å². The molecule has 0 N–H and O–H groups in total. The van der Waals surface area contributed by atoms with E-state index in [2.05, 4.69) is 0 Å². The van der Waals surface area contributed by atoms with Gasteiger partial charge in [-0.1, -0.05) is 18.2 Å². The number of amides is 3. The van der Waals surface area contributed by atoms with Crippen molar-refractivity contribution < 1.29 is 19.2 Å². The van der Waals surface area contributed by atoms with Crippen molar-refractivity contribution in [2.24, 2.45) is 0 Å². The van der Waals surface area contributed by atoms with Gasteiger partial charge in [-0.05, 0) is 19.9 Å². The molecule has 1 aromatic heterocycles. The van der Waals surface area contributed by atoms with Crippen molar-refractivity contribution in [1.82, 2.24) is 19.3 Å². The van der Waals surface area contributed by atoms with Crippen LogP contribution < -0.4 is 0 Å². The molecule has 3 rings (SSSR count). The van der Waals surface area contributed by atoms with E-state index >= 15 is 0 Å². The maximum absolute atomic E-state index is 13.0. The Labute approximate surface area is 169 Å². The van der Waals surface area contributed by atoms with Crippen LogP contribution in [0.25, 0.3) is 10.9 Å². The molecule has 0 saturated carbocycles. The van der Waals surface area contributed by atoms with E-state index < -0.39 is 11.7 Å². The van der Waals surface area contributed by atoms with Crippen LogP contribution in [0.3, 0.4) is 0 Å². The van der Waals surface area contributed by atoms with E-state index in [1.807, 2.05) is 32.0 Å². The summed E-state index contributed by atoms with van der Waals surface area (Å²) >= 11 is 0. The van der Waals surface area contributed by atoms with E-state index in [0.717, 1.165) is 11.9 Å². The molecule has 154 valence electrons. The Morgan fingerprint density at radius 3 is 2.31 bits per heavy atom. The molecular weight excluding hydrogens is 372 g/mol. The number of carbonyl (C=O) groups is 4. The van der Waals surface area contributed by atoms with Crippen LogP contribution in [0.15, 0.2) is 30.5 Å². The molecule has 2 heterocycles. The molecule has 1 aliphatic rings. The lowest BCUT2D eigenvalue weighted by Crippen LogP contribution is -2.50. The van der Waals surface area contributed by atoms with E-state index in [1.54, 1.807) is 26.6 Å². The van der Waals surface area contributed by atoms with Crippen molar-refractivity contribution in [2.45, 2.75) is 20.4 Å². The fraction of sp³-hybridized carbons (Fsp3) is 0.429. The molecule has 0 aliphatic carbocycles. The molecule has 1 saturated heterocycles. The van der Waals surface area contributed by atoms with Gasteiger partial charge in [0.05, 0.1) is 5.56 Å². The summed E-state index contributed by atoms with van der Waals surface area (Å²) in [6.07, 6.45) is 2.36. The first-order valence-electron chi connectivity index (χ1n) is 9.88. The van der Waals surface area contributed by atoms with Gasteiger partial charge in [0, 0.05) is 56.4 Å². The SMILES string of the molecule is CCN(CC)C(=O)Cn1cc(C(=O)C(=O)N2CCN(C=O)CC2)c2ccccc21. The van der Waals surface area contributed by atoms with Crippen molar-refractivity contribution in [3.05, 3.63) is 36.0 Å². The van der Waals surface area contributed by atoms with Gasteiger partial charge in [-0.3, -0.25) is 19.2 Å². The van der Waals surface area contributed by atoms with Crippen LogP contribution in [-0.2, 0) is 20.9 Å². The van der Waals surface area contributed by atoms with E-state index in [1.165, 1.54) is 4.90 Å². The minimum atomic E-state index is -0.588. The average molecular weight is 398 g/mol. The van der Waals surface area contributed by atoms with Gasteiger partial charge in [-0.15, -0.1) is 0 Å². The number of rotatable bonds is 7. The zero-order valence-corrected chi connectivity index (χ0v) is 16.8. The Balaban J connectivity index is 1.86. The summed E-state index contributed by atoms with van der Waals surface area (Å²) < 4.78 is 1.74. The molecule has 0 atom stereocenters. The fourth-order valence-corrected chi connectivity index (χ4v) is 3.67. The number of hydrogen-bond donors (Lipinski definition) is 0. The Hall–Kier alpha value is -3.16. The number of benzene rings is 1. The first kappa shape index (κ1) is 20.6. The van der Waals surface area contributed by atoms with Gasteiger partial charge >= 0.3 is 0 Å². The van der Waals surface area contributed by atoms with Gasteiger partial charge in [-0.25, -0.2) is 0 Å². The molecule has 8 nitrogen and oxygen atoms in total. The van der Waals surface area contributed by atoms with Crippen LogP contribution >= 0.6 is 0 Å². The molecule has 2 aromatic rings. The van der Waals surface area contributed by atoms with Crippen LogP contribution in [0.1, 0.15) is 24.2 Å². The summed E-state index contributed by atoms with van der Waals surface area (Å²) in [5, 5.41) is 0.657. The molecule has 29 heavy (non-hydrogen) atoms. The predicted octanol–water partition coefficient (Wildman–Crippen LogP) is 0.993. The minimum Gasteiger partial charge on any atom is -0.342 e. The third-order valence-electron chi connectivity index (χ3n) is 5.40. The van der Waals surface area contributed by atoms with Gasteiger partial charge in [0.2, 0.25) is 12.3 Å². The van der Waals surface area contributed by atoms with E-state index in [-0.39, 0.29) is 12.5 Å². The number of carbonyl (C=O) groups excluding carboxylic acids is 4. The number of aromatic nitrogens is 1. The largest absolute Gasteiger partial charge is 0.342 e. The number of likely N-dealkylation sites (N-methyl/N-ethyl adjacent to an activating group) is 1. The third-order valence-corrected chi connectivity index (χ3v) is 5.40. The van der Waals surface area contributed by atoms with Crippen molar-refractivity contribution in [1.29, 1.82) is 0 Å². The Kier molecular flexibility index (Phi) is 6.31. The summed E-state index contributed by atoms with van der Waals surface area (Å²) in [4.78, 5) is 53.9. The monoisotopic (exact) mass is 398 g/mol. The van der Waals surface area contributed by atoms with Crippen molar-refractivity contribution in [3.63, 3.8) is 0 Å². The molecule has 1 aromatic carbocycles. The van der Waals surface area contributed by atoms with Gasteiger partial charge in [-0.2, -0.15) is 0 Å². The summed E-state index contributed by atoms with van der Waals surface area (Å²) in [6.45, 7) is 6.70. The van der Waals surface area contributed by atoms with E-state index in [4.69, 9.17) is 0 Å². The van der Waals surface area contributed by atoms with E-state index in [0.29, 0.717) is 50.2 Å². The zero-order chi connectivity index (χ0) is 21.0. The second kappa shape index (κ2) is 8.89. The van der Waals surface area contributed by atoms with Crippen LogP contribution in [0, 0.1) is 0 Å². The van der Waals surface area contributed by atoms with Crippen molar-refractivity contribution >= 4 is 34.9 Å². The standard InChI is InChI=1S/C21H26N4O4/c1-3-23(4-2)19(27)14-25-13-17(16-7-5-6-8-18(16)25)20(28)21(29)24-11-9-22(15-26)10-12-24/h5-8,13,15H,3-4,9-12,14H2,1-2H3. The van der Waals surface area contributed by atoms with Crippen LogP contribution in [0.4, 0.5) is 0 Å². The predicted molar refractivity (Wildman–Crippen MR) is 108 cm³/mol. The summed E-state index contributed by atoms with van der Waals surface area (Å²) in [6, 6.07) is 7.28. The lowest BCUT2D eigenvalue weighted by atomic mass is 10.1. The molecule has 8 heteroatoms. The zero-order valence-electron chi connectivity index (χ0n) is 16.8. The van der Waals surface area contributed by atoms with Crippen LogP contribution in [0.5, 0.6) is 0 Å². The average Bonchev–Trinajstić information content (AvgIpc) is 3.12. The maximum Gasteiger partial charge on any atom is 0.295 e. The normalized spacial score (nSPS) is 14.1. The quantitative estimate of drug-likeness (QED) is 0.396. The highest BCUT2D eigenvalue weighted by Gasteiger charge is 2.29. The third kappa shape index (κ3) is 4.16. The van der Waals surface area contributed by atoms with E-state index in [9.17, 15) is 19.2 Å². The number of piperazine rings is 1. The lowest BCUT2D eigenvalue weighted by molar-refractivity contribution is -0.131. The summed E-state index contributed by atoms with van der Waals surface area (Å²) in [5.41, 5.74) is 1.05. The molecule has 1 aliphatic heterocycles. The van der Waals surface area contributed by atoms with Gasteiger partial charge in [0.1, 0.15) is 6.54 Å². The smallest absolute Gasteiger partial charge is 0.295 e. The number of fused-ring (bicyclic) bond motifs is 1. The van der Waals surface area contributed by atoms with Gasteiger partial charge in [0.25, 0.3) is 11.7 Å². The fourth-order valence-electron chi connectivity index (χ4n) is 3.67. The Bertz CT molecular complexity index is 924. The molecular formula is C21H26N4O4. The van der Waals surface area contributed by atoms with Gasteiger partial charge in [0.15, 0.2) is 0 Å². The molecule has 3 amide bonds. The molecule has 1 fully saturated rings. The molecule has 0 bridgehead atoms. The number of hydrogen-bond acceptors (Lipinski definition) is 4. The number of Topliss-reactive ketones (excluding diaryl/α,β-unsaturated/α-hetero) is 1. The number of ketones is 1. The molecule has 0 unspecified atom stereocenters. The topological polar surface area (TPSA) is 82.9 Å². The Morgan fingerprint density at radius 1 is 1.03 bits per heavy atom. The second-order valence-corrected chi connectivity index (χ2v) is 7.02. The number of para-hydroxylation sites is 1.